The van der Waals surface area contributed by atoms with E-state index in [0.717, 1.165) is 63.3 Å². The number of nitrogens with two attached hydrogens (primary N) is 1. The zero-order valence-corrected chi connectivity index (χ0v) is 24.4. The first-order chi connectivity index (χ1) is 19.9. The molecule has 1 aromatic heterocycles. The van der Waals surface area contributed by atoms with Crippen molar-refractivity contribution in [3.05, 3.63) is 48.7 Å². The van der Waals surface area contributed by atoms with Gasteiger partial charge in [-0.3, -0.25) is 9.59 Å². The summed E-state index contributed by atoms with van der Waals surface area (Å²) in [6.45, 7) is 8.58. The molecule has 0 saturated heterocycles. The summed E-state index contributed by atoms with van der Waals surface area (Å²) >= 11 is 0. The number of anilines is 1. The monoisotopic (exact) mass is 561 g/mol. The van der Waals surface area contributed by atoms with Gasteiger partial charge in [0.05, 0.1) is 12.6 Å². The molecule has 0 spiro atoms. The number of amides is 2. The molecule has 2 aromatic rings. The molecule has 3 saturated carbocycles. The lowest BCUT2D eigenvalue weighted by atomic mass is 9.79. The maximum Gasteiger partial charge on any atom is 0.296 e. The van der Waals surface area contributed by atoms with Gasteiger partial charge in [0.1, 0.15) is 11.6 Å². The quantitative estimate of drug-likeness (QED) is 0.262. The number of hydrogen-bond donors (Lipinski definition) is 3. The Morgan fingerprint density at radius 3 is 2.32 bits per heavy atom. The lowest BCUT2D eigenvalue weighted by Gasteiger charge is -2.35. The molecule has 2 atom stereocenters. The van der Waals surface area contributed by atoms with Gasteiger partial charge in [0.25, 0.3) is 6.01 Å². The van der Waals surface area contributed by atoms with E-state index in [-0.39, 0.29) is 30.3 Å². The van der Waals surface area contributed by atoms with E-state index in [1.54, 1.807) is 4.90 Å². The van der Waals surface area contributed by atoms with Crippen molar-refractivity contribution in [3.63, 3.8) is 0 Å². The zero-order valence-electron chi connectivity index (χ0n) is 24.4. The Balaban J connectivity index is 1.35. The number of rotatable bonds is 13. The molecular weight excluding hydrogens is 514 g/mol. The molecule has 1 heterocycles. The molecule has 2 amide bonds. The van der Waals surface area contributed by atoms with Crippen LogP contribution in [0.25, 0.3) is 11.1 Å². The normalized spacial score (nSPS) is 19.8. The third-order valence-corrected chi connectivity index (χ3v) is 9.52. The van der Waals surface area contributed by atoms with Crippen LogP contribution < -0.4 is 16.4 Å². The van der Waals surface area contributed by atoms with E-state index >= 15 is 0 Å². The number of nitrogens with zero attached hydrogens (tertiary/aromatic N) is 2. The molecule has 3 aliphatic rings. The first-order valence-electron chi connectivity index (χ1n) is 15.7. The second-order valence-electron chi connectivity index (χ2n) is 12.6. The number of hydrogen-bond acceptors (Lipinski definition) is 6. The number of nitrogens with one attached hydrogen (secondary N) is 2. The molecule has 1 aromatic carbocycles. The predicted molar refractivity (Wildman–Crippen MR) is 163 cm³/mol. The molecule has 3 aliphatic carbocycles. The smallest absolute Gasteiger partial charge is 0.296 e. The Morgan fingerprint density at radius 1 is 0.976 bits per heavy atom. The number of oxazole rings is 1. The maximum absolute atomic E-state index is 14.4. The van der Waals surface area contributed by atoms with Crippen molar-refractivity contribution in [2.45, 2.75) is 95.6 Å². The summed E-state index contributed by atoms with van der Waals surface area (Å²) < 4.78 is 5.99. The largest absolute Gasteiger partial charge is 0.424 e. The Kier molecular flexibility index (Phi) is 9.68. The molecule has 0 aliphatic heterocycles. The van der Waals surface area contributed by atoms with Crippen molar-refractivity contribution < 1.29 is 14.0 Å². The van der Waals surface area contributed by atoms with Crippen LogP contribution in [0.2, 0.25) is 0 Å². The van der Waals surface area contributed by atoms with Crippen LogP contribution in [0.1, 0.15) is 83.5 Å². The average molecular weight is 562 g/mol. The molecule has 5 rings (SSSR count). The summed E-state index contributed by atoms with van der Waals surface area (Å²) in [5.74, 6) is 0.912. The Labute approximate surface area is 244 Å². The molecule has 8 nitrogen and oxygen atoms in total. The minimum absolute atomic E-state index is 0.0132. The topological polar surface area (TPSA) is 113 Å². The van der Waals surface area contributed by atoms with Gasteiger partial charge in [-0.2, -0.15) is 4.98 Å². The lowest BCUT2D eigenvalue weighted by Crippen LogP contribution is -2.52. The minimum atomic E-state index is -0.498. The van der Waals surface area contributed by atoms with Crippen molar-refractivity contribution in [3.8, 4) is 0 Å². The molecule has 0 radical (unpaired) electrons. The van der Waals surface area contributed by atoms with Crippen LogP contribution >= 0.6 is 0 Å². The van der Waals surface area contributed by atoms with Gasteiger partial charge in [0.2, 0.25) is 11.8 Å². The SMILES string of the molecule is C=C(N)C(=C)C(CC1CCC1)NC(=O)CN(CC1CCCC1)C(=O)[C@@H](Nc1nc2ccccc2o1)C1CCCCC1. The zero-order chi connectivity index (χ0) is 28.8. The van der Waals surface area contributed by atoms with E-state index < -0.39 is 6.04 Å². The first-order valence-corrected chi connectivity index (χ1v) is 15.7. The molecule has 1 unspecified atom stereocenters. The minimum Gasteiger partial charge on any atom is -0.424 e. The molecule has 41 heavy (non-hydrogen) atoms. The second-order valence-corrected chi connectivity index (χ2v) is 12.6. The molecule has 8 heteroatoms. The molecule has 222 valence electrons. The van der Waals surface area contributed by atoms with Crippen molar-refractivity contribution >= 4 is 28.9 Å². The Hall–Kier alpha value is -3.29. The highest BCUT2D eigenvalue weighted by Gasteiger charge is 2.36. The number of para-hydroxylation sites is 2. The van der Waals surface area contributed by atoms with E-state index in [1.165, 1.54) is 25.7 Å². The number of aromatic nitrogens is 1. The number of carbonyl (C=O) groups is 2. The standard InChI is InChI=1S/C33H47N5O3/c1-22(23(2)34)28(19-24-13-10-14-24)35-30(39)21-38(20-25-11-6-7-12-25)32(40)31(26-15-4-3-5-16-26)37-33-36-27-17-8-9-18-29(27)41-33/h8-9,17-18,24-26,28,31H,1-7,10-16,19-21,34H2,(H,35,39)(H,36,37)/t28?,31-/m0/s1. The van der Waals surface area contributed by atoms with Crippen molar-refractivity contribution in [2.75, 3.05) is 18.4 Å². The Bertz CT molecular complexity index is 1190. The van der Waals surface area contributed by atoms with Crippen LogP contribution in [0.5, 0.6) is 0 Å². The fourth-order valence-corrected chi connectivity index (χ4v) is 6.84. The summed E-state index contributed by atoms with van der Waals surface area (Å²) in [7, 11) is 0. The summed E-state index contributed by atoms with van der Waals surface area (Å²) in [5, 5.41) is 6.56. The van der Waals surface area contributed by atoms with Crippen molar-refractivity contribution in [1.82, 2.24) is 15.2 Å². The highest BCUT2D eigenvalue weighted by Crippen LogP contribution is 2.33. The highest BCUT2D eigenvalue weighted by molar-refractivity contribution is 5.89. The van der Waals surface area contributed by atoms with E-state index in [9.17, 15) is 9.59 Å². The highest BCUT2D eigenvalue weighted by atomic mass is 16.4. The van der Waals surface area contributed by atoms with Gasteiger partial charge in [-0.25, -0.2) is 0 Å². The lowest BCUT2D eigenvalue weighted by molar-refractivity contribution is -0.138. The number of carbonyl (C=O) groups excluding carboxylic acids is 2. The summed E-state index contributed by atoms with van der Waals surface area (Å²) in [4.78, 5) is 34.4. The average Bonchev–Trinajstić information content (AvgIpc) is 3.61. The maximum atomic E-state index is 14.4. The van der Waals surface area contributed by atoms with Crippen LogP contribution in [0.15, 0.2) is 53.1 Å². The van der Waals surface area contributed by atoms with Crippen LogP contribution in [0.4, 0.5) is 6.01 Å². The predicted octanol–water partition coefficient (Wildman–Crippen LogP) is 5.91. The second kappa shape index (κ2) is 13.6. The van der Waals surface area contributed by atoms with Gasteiger partial charge < -0.3 is 25.7 Å². The van der Waals surface area contributed by atoms with Gasteiger partial charge in [0.15, 0.2) is 5.58 Å². The summed E-state index contributed by atoms with van der Waals surface area (Å²) in [6, 6.07) is 7.22. The first kappa shape index (κ1) is 29.2. The number of benzene rings is 1. The van der Waals surface area contributed by atoms with E-state index in [0.29, 0.717) is 41.2 Å². The van der Waals surface area contributed by atoms with Gasteiger partial charge in [0, 0.05) is 12.2 Å². The fourth-order valence-electron chi connectivity index (χ4n) is 6.84. The third kappa shape index (κ3) is 7.52. The van der Waals surface area contributed by atoms with Crippen molar-refractivity contribution in [1.29, 1.82) is 0 Å². The van der Waals surface area contributed by atoms with Crippen molar-refractivity contribution in [2.24, 2.45) is 23.5 Å². The van der Waals surface area contributed by atoms with E-state index in [4.69, 9.17) is 10.2 Å². The van der Waals surface area contributed by atoms with Crippen LogP contribution in [-0.4, -0.2) is 46.9 Å². The summed E-state index contributed by atoms with van der Waals surface area (Å²) in [6.07, 6.45) is 14.2. The van der Waals surface area contributed by atoms with E-state index in [2.05, 4.69) is 28.8 Å². The van der Waals surface area contributed by atoms with Gasteiger partial charge in [-0.1, -0.05) is 76.7 Å². The molecule has 0 bridgehead atoms. The van der Waals surface area contributed by atoms with Crippen LogP contribution in [0, 0.1) is 17.8 Å². The summed E-state index contributed by atoms with van der Waals surface area (Å²) in [5.41, 5.74) is 8.50. The molecule has 3 fully saturated rings. The number of fused-ring (bicyclic) bond motifs is 1. The fraction of sp³-hybridized carbons (Fsp3) is 0.606. The third-order valence-electron chi connectivity index (χ3n) is 9.52. The van der Waals surface area contributed by atoms with Gasteiger partial charge in [-0.05, 0) is 67.6 Å². The van der Waals surface area contributed by atoms with Gasteiger partial charge >= 0.3 is 0 Å². The molecular formula is C33H47N5O3. The van der Waals surface area contributed by atoms with Gasteiger partial charge in [-0.15, -0.1) is 0 Å². The molecule has 4 N–H and O–H groups in total. The Morgan fingerprint density at radius 2 is 1.66 bits per heavy atom. The van der Waals surface area contributed by atoms with E-state index in [1.807, 2.05) is 24.3 Å². The van der Waals surface area contributed by atoms with Crippen LogP contribution in [-0.2, 0) is 9.59 Å². The van der Waals surface area contributed by atoms with Crippen LogP contribution in [0.3, 0.4) is 0 Å².